The molecule has 1 aliphatic carbocycles. The molecular weight excluding hydrogens is 276 g/mol. The van der Waals surface area contributed by atoms with Crippen LogP contribution in [-0.4, -0.2) is 43.1 Å². The maximum atomic E-state index is 11.6. The molecule has 0 saturated carbocycles. The number of carbonyl (C=O) groups excluding carboxylic acids is 2. The summed E-state index contributed by atoms with van der Waals surface area (Å²) in [5.74, 6) is 0.264. The fraction of sp³-hybridized carbons (Fsp3) is 0.714. The summed E-state index contributed by atoms with van der Waals surface area (Å²) >= 11 is 1.35. The molecule has 1 amide bonds. The molecule has 3 N–H and O–H groups in total. The number of rotatable bonds is 8. The minimum Gasteiger partial charge on any atom is -0.468 e. The van der Waals surface area contributed by atoms with Crippen LogP contribution in [0.15, 0.2) is 11.6 Å². The van der Waals surface area contributed by atoms with Crippen molar-refractivity contribution in [3.05, 3.63) is 11.6 Å². The first-order valence-corrected chi connectivity index (χ1v) is 8.14. The number of allylic oxidation sites excluding steroid dienone is 1. The van der Waals surface area contributed by atoms with Crippen molar-refractivity contribution >= 4 is 23.6 Å². The summed E-state index contributed by atoms with van der Waals surface area (Å²) in [6, 6.07) is -0.662. The Bertz CT molecular complexity index is 358. The number of hydrogen-bond donors (Lipinski definition) is 2. The third-order valence-corrected chi connectivity index (χ3v) is 4.25. The van der Waals surface area contributed by atoms with Crippen LogP contribution in [-0.2, 0) is 14.3 Å². The lowest BCUT2D eigenvalue weighted by Gasteiger charge is -2.13. The second-order valence-electron chi connectivity index (χ2n) is 4.85. The van der Waals surface area contributed by atoms with Gasteiger partial charge in [0.25, 0.3) is 0 Å². The van der Waals surface area contributed by atoms with E-state index in [1.807, 2.05) is 0 Å². The van der Waals surface area contributed by atoms with Crippen molar-refractivity contribution in [3.8, 4) is 0 Å². The summed E-state index contributed by atoms with van der Waals surface area (Å²) in [7, 11) is 1.31. The fourth-order valence-corrected chi connectivity index (χ4v) is 2.84. The Morgan fingerprint density at radius 3 is 2.95 bits per heavy atom. The van der Waals surface area contributed by atoms with Gasteiger partial charge in [0, 0.05) is 12.3 Å². The molecule has 0 aromatic rings. The van der Waals surface area contributed by atoms with Crippen LogP contribution in [0.2, 0.25) is 0 Å². The summed E-state index contributed by atoms with van der Waals surface area (Å²) in [6.07, 6.45) is 8.12. The Balaban J connectivity index is 2.05. The number of carbonyl (C=O) groups is 2. The highest BCUT2D eigenvalue weighted by molar-refractivity contribution is 8.00. The molecule has 1 aliphatic rings. The Hall–Kier alpha value is -1.01. The Morgan fingerprint density at radius 1 is 1.50 bits per heavy atom. The van der Waals surface area contributed by atoms with E-state index in [-0.39, 0.29) is 5.91 Å². The van der Waals surface area contributed by atoms with Crippen molar-refractivity contribution in [3.63, 3.8) is 0 Å². The van der Waals surface area contributed by atoms with Crippen molar-refractivity contribution in [2.24, 2.45) is 5.73 Å². The largest absolute Gasteiger partial charge is 0.468 e. The van der Waals surface area contributed by atoms with Crippen LogP contribution in [0.4, 0.5) is 0 Å². The molecule has 20 heavy (non-hydrogen) atoms. The van der Waals surface area contributed by atoms with E-state index >= 15 is 0 Å². The molecule has 0 aliphatic heterocycles. The van der Waals surface area contributed by atoms with Crippen LogP contribution in [0, 0.1) is 0 Å². The second kappa shape index (κ2) is 9.83. The van der Waals surface area contributed by atoms with Gasteiger partial charge in [-0.3, -0.25) is 9.59 Å². The average molecular weight is 300 g/mol. The maximum absolute atomic E-state index is 11.6. The zero-order valence-corrected chi connectivity index (χ0v) is 12.8. The van der Waals surface area contributed by atoms with Crippen molar-refractivity contribution in [1.29, 1.82) is 0 Å². The molecule has 0 heterocycles. The van der Waals surface area contributed by atoms with Gasteiger partial charge >= 0.3 is 5.97 Å². The maximum Gasteiger partial charge on any atom is 0.323 e. The first kappa shape index (κ1) is 17.0. The molecule has 0 fully saturated rings. The molecule has 1 rings (SSSR count). The molecule has 0 aromatic carbocycles. The van der Waals surface area contributed by atoms with Crippen LogP contribution in [0.1, 0.15) is 32.1 Å². The van der Waals surface area contributed by atoms with Gasteiger partial charge in [-0.1, -0.05) is 11.6 Å². The summed E-state index contributed by atoms with van der Waals surface area (Å²) in [5.41, 5.74) is 7.03. The molecule has 6 heteroatoms. The Labute approximate surface area is 124 Å². The van der Waals surface area contributed by atoms with E-state index in [4.69, 9.17) is 5.73 Å². The highest BCUT2D eigenvalue weighted by atomic mass is 32.2. The topological polar surface area (TPSA) is 81.4 Å². The number of ether oxygens (including phenoxy) is 1. The second-order valence-corrected chi connectivity index (χ2v) is 5.88. The van der Waals surface area contributed by atoms with E-state index in [0.717, 1.165) is 6.42 Å². The van der Waals surface area contributed by atoms with E-state index in [2.05, 4.69) is 16.1 Å². The van der Waals surface area contributed by atoms with E-state index < -0.39 is 12.0 Å². The van der Waals surface area contributed by atoms with Gasteiger partial charge in [-0.15, -0.1) is 11.8 Å². The molecule has 0 aromatic heterocycles. The van der Waals surface area contributed by atoms with E-state index in [0.29, 0.717) is 18.1 Å². The van der Waals surface area contributed by atoms with Gasteiger partial charge in [0.1, 0.15) is 6.04 Å². The number of amides is 1. The van der Waals surface area contributed by atoms with Gasteiger partial charge in [-0.25, -0.2) is 0 Å². The molecule has 114 valence electrons. The zero-order valence-electron chi connectivity index (χ0n) is 12.0. The predicted octanol–water partition coefficient (Wildman–Crippen LogP) is 1.23. The van der Waals surface area contributed by atoms with Gasteiger partial charge in [0.05, 0.1) is 12.9 Å². The van der Waals surface area contributed by atoms with E-state index in [1.165, 1.54) is 50.1 Å². The number of hydrogen-bond acceptors (Lipinski definition) is 5. The lowest BCUT2D eigenvalue weighted by molar-refractivity contribution is -0.141. The smallest absolute Gasteiger partial charge is 0.323 e. The third kappa shape index (κ3) is 6.96. The summed E-state index contributed by atoms with van der Waals surface area (Å²) < 4.78 is 4.52. The number of esters is 1. The highest BCUT2D eigenvalue weighted by Gasteiger charge is 2.14. The first-order chi connectivity index (χ1) is 9.63. The van der Waals surface area contributed by atoms with Crippen molar-refractivity contribution < 1.29 is 14.3 Å². The molecule has 5 nitrogen and oxygen atoms in total. The number of nitrogens with one attached hydrogen (secondary N) is 1. The third-order valence-electron chi connectivity index (χ3n) is 3.19. The summed E-state index contributed by atoms with van der Waals surface area (Å²) in [5, 5.41) is 2.89. The minimum absolute atomic E-state index is 0.0107. The SMILES string of the molecule is COC(=O)C(N)CSCC(=O)NCCC1=CCCCC1. The molecule has 0 bridgehead atoms. The standard InChI is InChI=1S/C14H24N2O3S/c1-19-14(18)12(15)9-20-10-13(17)16-8-7-11-5-3-2-4-6-11/h5,12H,2-4,6-10,15H2,1H3,(H,16,17). The van der Waals surface area contributed by atoms with Crippen molar-refractivity contribution in [2.45, 2.75) is 38.1 Å². The fourth-order valence-electron chi connectivity index (χ4n) is 2.04. The zero-order chi connectivity index (χ0) is 14.8. The minimum atomic E-state index is -0.662. The monoisotopic (exact) mass is 300 g/mol. The predicted molar refractivity (Wildman–Crippen MR) is 81.5 cm³/mol. The van der Waals surface area contributed by atoms with Crippen molar-refractivity contribution in [2.75, 3.05) is 25.2 Å². The Kier molecular flexibility index (Phi) is 8.37. The first-order valence-electron chi connectivity index (χ1n) is 6.99. The van der Waals surface area contributed by atoms with Crippen LogP contribution in [0.5, 0.6) is 0 Å². The molecule has 0 radical (unpaired) electrons. The highest BCUT2D eigenvalue weighted by Crippen LogP contribution is 2.19. The van der Waals surface area contributed by atoms with Gasteiger partial charge in [-0.05, 0) is 32.1 Å². The lowest BCUT2D eigenvalue weighted by Crippen LogP contribution is -2.35. The summed E-state index contributed by atoms with van der Waals surface area (Å²) in [4.78, 5) is 22.7. The van der Waals surface area contributed by atoms with Crippen LogP contribution in [0.25, 0.3) is 0 Å². The van der Waals surface area contributed by atoms with Crippen LogP contribution < -0.4 is 11.1 Å². The molecule has 1 unspecified atom stereocenters. The number of nitrogens with two attached hydrogens (primary N) is 1. The average Bonchev–Trinajstić information content (AvgIpc) is 2.47. The Morgan fingerprint density at radius 2 is 2.30 bits per heavy atom. The van der Waals surface area contributed by atoms with E-state index in [9.17, 15) is 9.59 Å². The van der Waals surface area contributed by atoms with E-state index in [1.54, 1.807) is 0 Å². The molecular formula is C14H24N2O3S. The van der Waals surface area contributed by atoms with Crippen LogP contribution in [0.3, 0.4) is 0 Å². The summed E-state index contributed by atoms with van der Waals surface area (Å²) in [6.45, 7) is 0.689. The number of methoxy groups -OCH3 is 1. The van der Waals surface area contributed by atoms with Gasteiger partial charge in [0.2, 0.25) is 5.91 Å². The van der Waals surface area contributed by atoms with Crippen LogP contribution >= 0.6 is 11.8 Å². The van der Waals surface area contributed by atoms with Gasteiger partial charge < -0.3 is 15.8 Å². The van der Waals surface area contributed by atoms with Gasteiger partial charge in [-0.2, -0.15) is 0 Å². The lowest BCUT2D eigenvalue weighted by atomic mass is 9.97. The van der Waals surface area contributed by atoms with Gasteiger partial charge in [0.15, 0.2) is 0 Å². The number of thioether (sulfide) groups is 1. The normalized spacial score (nSPS) is 16.2. The molecule has 0 spiro atoms. The molecule has 1 atom stereocenters. The quantitative estimate of drug-likeness (QED) is 0.520. The van der Waals surface area contributed by atoms with Crippen molar-refractivity contribution in [1.82, 2.24) is 5.32 Å². The molecule has 0 saturated heterocycles.